The van der Waals surface area contributed by atoms with E-state index in [0.29, 0.717) is 11.3 Å². The van der Waals surface area contributed by atoms with E-state index in [0.717, 1.165) is 18.4 Å². The van der Waals surface area contributed by atoms with Crippen molar-refractivity contribution in [1.82, 2.24) is 4.31 Å². The minimum absolute atomic E-state index is 0.0366. The molecule has 0 aliphatic heterocycles. The topological polar surface area (TPSA) is 87.2 Å². The van der Waals surface area contributed by atoms with Gasteiger partial charge in [-0.2, -0.15) is 9.57 Å². The van der Waals surface area contributed by atoms with E-state index in [-0.39, 0.29) is 23.9 Å². The number of hydrogen-bond donors (Lipinski definition) is 1. The monoisotopic (exact) mass is 293 g/mol. The van der Waals surface area contributed by atoms with Gasteiger partial charge in [0.2, 0.25) is 10.0 Å². The highest BCUT2D eigenvalue weighted by Crippen LogP contribution is 2.34. The molecule has 1 aliphatic rings. The van der Waals surface area contributed by atoms with Crippen LogP contribution >= 0.6 is 0 Å². The minimum Gasteiger partial charge on any atom is -0.398 e. The van der Waals surface area contributed by atoms with Gasteiger partial charge in [0.25, 0.3) is 0 Å². The van der Waals surface area contributed by atoms with E-state index in [1.165, 1.54) is 4.31 Å². The quantitative estimate of drug-likeness (QED) is 0.841. The van der Waals surface area contributed by atoms with E-state index in [1.54, 1.807) is 19.1 Å². The molecule has 0 unspecified atom stereocenters. The zero-order valence-electron chi connectivity index (χ0n) is 11.8. The summed E-state index contributed by atoms with van der Waals surface area (Å²) in [6.07, 6.45) is 1.94. The smallest absolute Gasteiger partial charge is 0.243 e. The van der Waals surface area contributed by atoms with Gasteiger partial charge in [-0.3, -0.25) is 0 Å². The van der Waals surface area contributed by atoms with Crippen LogP contribution in [0.15, 0.2) is 17.0 Å². The van der Waals surface area contributed by atoms with Crippen LogP contribution in [0.3, 0.4) is 0 Å². The molecule has 0 spiro atoms. The molecule has 0 bridgehead atoms. The number of benzene rings is 1. The third-order valence-corrected chi connectivity index (χ3v) is 5.61. The van der Waals surface area contributed by atoms with Gasteiger partial charge >= 0.3 is 0 Å². The molecule has 2 N–H and O–H groups in total. The van der Waals surface area contributed by atoms with Gasteiger partial charge in [-0.25, -0.2) is 8.42 Å². The highest BCUT2D eigenvalue weighted by atomic mass is 32.2. The number of nitrogens with zero attached hydrogens (tertiary/aromatic N) is 2. The fourth-order valence-electron chi connectivity index (χ4n) is 2.27. The second-order valence-corrected chi connectivity index (χ2v) is 7.09. The number of nitriles is 1. The number of aryl methyl sites for hydroxylation is 1. The molecule has 108 valence electrons. The van der Waals surface area contributed by atoms with Crippen molar-refractivity contribution < 1.29 is 8.42 Å². The maximum absolute atomic E-state index is 12.8. The maximum Gasteiger partial charge on any atom is 0.243 e. The van der Waals surface area contributed by atoms with Crippen molar-refractivity contribution >= 4 is 15.7 Å². The summed E-state index contributed by atoms with van der Waals surface area (Å²) in [5.41, 5.74) is 7.76. The highest BCUT2D eigenvalue weighted by Gasteiger charge is 2.38. The minimum atomic E-state index is -3.58. The lowest BCUT2D eigenvalue weighted by atomic mass is 10.1. The number of hydrogen-bond acceptors (Lipinski definition) is 4. The summed E-state index contributed by atoms with van der Waals surface area (Å²) in [5.74, 6) is 0. The van der Waals surface area contributed by atoms with Crippen LogP contribution in [0.1, 0.15) is 30.4 Å². The Morgan fingerprint density at radius 2 is 2.05 bits per heavy atom. The van der Waals surface area contributed by atoms with Gasteiger partial charge < -0.3 is 5.73 Å². The van der Waals surface area contributed by atoms with Gasteiger partial charge in [0.15, 0.2) is 0 Å². The lowest BCUT2D eigenvalue weighted by Crippen LogP contribution is -2.34. The highest BCUT2D eigenvalue weighted by molar-refractivity contribution is 7.89. The van der Waals surface area contributed by atoms with Crippen LogP contribution < -0.4 is 5.73 Å². The summed E-state index contributed by atoms with van der Waals surface area (Å²) < 4.78 is 27.1. The first-order valence-corrected chi connectivity index (χ1v) is 8.07. The first-order valence-electron chi connectivity index (χ1n) is 6.63. The third kappa shape index (κ3) is 2.79. The Morgan fingerprint density at radius 3 is 2.60 bits per heavy atom. The predicted molar refractivity (Wildman–Crippen MR) is 77.5 cm³/mol. The van der Waals surface area contributed by atoms with Gasteiger partial charge in [-0.1, -0.05) is 0 Å². The number of nitrogen functional groups attached to an aromatic ring is 1. The molecular weight excluding hydrogens is 274 g/mol. The Bertz CT molecular complexity index is 658. The third-order valence-electron chi connectivity index (χ3n) is 3.53. The summed E-state index contributed by atoms with van der Waals surface area (Å²) in [7, 11) is -3.58. The van der Waals surface area contributed by atoms with Crippen molar-refractivity contribution in [3.8, 4) is 6.07 Å². The van der Waals surface area contributed by atoms with Gasteiger partial charge in [0, 0.05) is 24.7 Å². The fraction of sp³-hybridized carbons (Fsp3) is 0.500. The van der Waals surface area contributed by atoms with Crippen LogP contribution in [0.2, 0.25) is 0 Å². The molecular formula is C14H19N3O2S. The summed E-state index contributed by atoms with van der Waals surface area (Å²) in [6.45, 7) is 3.79. The van der Waals surface area contributed by atoms with Crippen molar-refractivity contribution in [3.63, 3.8) is 0 Å². The molecule has 1 aromatic carbocycles. The zero-order valence-corrected chi connectivity index (χ0v) is 12.6. The van der Waals surface area contributed by atoms with Crippen molar-refractivity contribution in [2.24, 2.45) is 0 Å². The molecule has 1 aromatic rings. The van der Waals surface area contributed by atoms with E-state index in [1.807, 2.05) is 13.0 Å². The Labute approximate surface area is 120 Å². The average molecular weight is 293 g/mol. The molecule has 5 nitrogen and oxygen atoms in total. The summed E-state index contributed by atoms with van der Waals surface area (Å²) >= 11 is 0. The number of rotatable bonds is 5. The Balaban J connectivity index is 2.45. The molecule has 20 heavy (non-hydrogen) atoms. The lowest BCUT2D eigenvalue weighted by molar-refractivity contribution is 0.410. The molecule has 6 heteroatoms. The summed E-state index contributed by atoms with van der Waals surface area (Å²) in [4.78, 5) is 0.264. The molecule has 0 amide bonds. The van der Waals surface area contributed by atoms with Crippen molar-refractivity contribution in [3.05, 3.63) is 23.3 Å². The maximum atomic E-state index is 12.8. The molecule has 0 saturated heterocycles. The van der Waals surface area contributed by atoms with Crippen LogP contribution in [0.5, 0.6) is 0 Å². The van der Waals surface area contributed by atoms with Crippen LogP contribution in [0, 0.1) is 25.2 Å². The lowest BCUT2D eigenvalue weighted by Gasteiger charge is -2.22. The van der Waals surface area contributed by atoms with E-state index in [2.05, 4.69) is 0 Å². The number of anilines is 1. The standard InChI is InChI=1S/C14H19N3O2S/c1-10-8-13(16)11(2)14(9-10)20(18,19)17(7-3-6-15)12-4-5-12/h8-9,12H,3-5,7,16H2,1-2H3. The van der Waals surface area contributed by atoms with Gasteiger partial charge in [-0.15, -0.1) is 0 Å². The molecule has 0 aromatic heterocycles. The van der Waals surface area contributed by atoms with Crippen LogP contribution in [0.25, 0.3) is 0 Å². The van der Waals surface area contributed by atoms with Crippen LogP contribution in [-0.4, -0.2) is 25.3 Å². The van der Waals surface area contributed by atoms with E-state index < -0.39 is 10.0 Å². The number of sulfonamides is 1. The van der Waals surface area contributed by atoms with E-state index >= 15 is 0 Å². The van der Waals surface area contributed by atoms with Crippen molar-refractivity contribution in [2.45, 2.75) is 44.0 Å². The fourth-order valence-corrected chi connectivity index (χ4v) is 4.30. The van der Waals surface area contributed by atoms with E-state index in [9.17, 15) is 8.42 Å². The first kappa shape index (κ1) is 14.8. The predicted octanol–water partition coefficient (Wildman–Crippen LogP) is 1.95. The van der Waals surface area contributed by atoms with Gasteiger partial charge in [-0.05, 0) is 49.9 Å². The largest absolute Gasteiger partial charge is 0.398 e. The second kappa shape index (κ2) is 5.43. The SMILES string of the molecule is Cc1cc(N)c(C)c(S(=O)(=O)N(CCC#N)C2CC2)c1. The van der Waals surface area contributed by atoms with Gasteiger partial charge in [0.05, 0.1) is 11.0 Å². The summed E-state index contributed by atoms with van der Waals surface area (Å²) in [6, 6.07) is 5.47. The molecule has 0 radical (unpaired) electrons. The van der Waals surface area contributed by atoms with Gasteiger partial charge in [0.1, 0.15) is 0 Å². The molecule has 2 rings (SSSR count). The number of nitrogens with two attached hydrogens (primary N) is 1. The van der Waals surface area contributed by atoms with Crippen LogP contribution in [0.4, 0.5) is 5.69 Å². The molecule has 1 aliphatic carbocycles. The molecule has 1 fully saturated rings. The summed E-state index contributed by atoms with van der Waals surface area (Å²) in [5, 5.41) is 8.70. The molecule has 0 atom stereocenters. The first-order chi connectivity index (χ1) is 9.37. The Hall–Kier alpha value is -1.58. The molecule has 0 heterocycles. The van der Waals surface area contributed by atoms with Crippen molar-refractivity contribution in [2.75, 3.05) is 12.3 Å². The van der Waals surface area contributed by atoms with Crippen LogP contribution in [-0.2, 0) is 10.0 Å². The Morgan fingerprint density at radius 1 is 1.40 bits per heavy atom. The van der Waals surface area contributed by atoms with Crippen molar-refractivity contribution in [1.29, 1.82) is 5.26 Å². The molecule has 1 saturated carbocycles. The Kier molecular flexibility index (Phi) is 4.02. The average Bonchev–Trinajstić information content (AvgIpc) is 3.18. The normalized spacial score (nSPS) is 15.3. The zero-order chi connectivity index (χ0) is 14.9. The second-order valence-electron chi connectivity index (χ2n) is 5.23. The van der Waals surface area contributed by atoms with E-state index in [4.69, 9.17) is 11.0 Å².